The van der Waals surface area contributed by atoms with E-state index < -0.39 is 0 Å². The van der Waals surface area contributed by atoms with Crippen LogP contribution in [-0.4, -0.2) is 9.97 Å². The number of hydrogen-bond acceptors (Lipinski definition) is 4. The molecule has 0 aliphatic heterocycles. The average molecular weight is 311 g/mol. The zero-order valence-electron chi connectivity index (χ0n) is 11.3. The molecule has 0 radical (unpaired) electrons. The molecule has 0 saturated carbocycles. The topological polar surface area (TPSA) is 63.8 Å². The van der Waals surface area contributed by atoms with Crippen molar-refractivity contribution in [1.82, 2.24) is 9.97 Å². The van der Waals surface area contributed by atoms with Gasteiger partial charge >= 0.3 is 0 Å². The summed E-state index contributed by atoms with van der Waals surface area (Å²) in [6.45, 7) is 4.26. The molecule has 0 aliphatic carbocycles. The summed E-state index contributed by atoms with van der Waals surface area (Å²) in [6.07, 6.45) is 0.843. The van der Waals surface area contributed by atoms with Gasteiger partial charge in [0.2, 0.25) is 0 Å². The zero-order chi connectivity index (χ0) is 14.7. The van der Waals surface area contributed by atoms with Crippen molar-refractivity contribution in [3.63, 3.8) is 0 Å². The van der Waals surface area contributed by atoms with Gasteiger partial charge in [0.1, 0.15) is 5.82 Å². The van der Waals surface area contributed by atoms with Crippen LogP contribution in [-0.2, 0) is 6.42 Å². The van der Waals surface area contributed by atoms with Crippen molar-refractivity contribution in [2.75, 3.05) is 5.43 Å². The summed E-state index contributed by atoms with van der Waals surface area (Å²) in [7, 11) is 0. The Labute approximate surface area is 128 Å². The van der Waals surface area contributed by atoms with Crippen molar-refractivity contribution in [2.45, 2.75) is 20.3 Å². The quantitative estimate of drug-likeness (QED) is 0.663. The maximum absolute atomic E-state index is 6.20. The number of hydrogen-bond donors (Lipinski definition) is 2. The number of hydrazine groups is 1. The first-order valence-corrected chi connectivity index (χ1v) is 7.05. The van der Waals surface area contributed by atoms with E-state index in [2.05, 4.69) is 29.2 Å². The normalized spacial score (nSPS) is 10.9. The van der Waals surface area contributed by atoms with Gasteiger partial charge in [-0.2, -0.15) is 0 Å². The molecule has 0 aliphatic rings. The van der Waals surface area contributed by atoms with E-state index in [0.29, 0.717) is 27.6 Å². The highest BCUT2D eigenvalue weighted by Gasteiger charge is 2.11. The molecule has 2 aromatic rings. The van der Waals surface area contributed by atoms with Crippen LogP contribution in [0.1, 0.15) is 19.5 Å². The Balaban J connectivity index is 2.49. The fraction of sp³-hybridized carbons (Fsp3) is 0.286. The van der Waals surface area contributed by atoms with Crippen LogP contribution < -0.4 is 11.3 Å². The van der Waals surface area contributed by atoms with Crippen LogP contribution in [0.25, 0.3) is 11.4 Å². The van der Waals surface area contributed by atoms with Gasteiger partial charge in [-0.25, -0.2) is 15.8 Å². The summed E-state index contributed by atoms with van der Waals surface area (Å²) in [5.74, 6) is 7.06. The van der Waals surface area contributed by atoms with Crippen molar-refractivity contribution in [3.8, 4) is 11.4 Å². The van der Waals surface area contributed by atoms with E-state index in [1.807, 2.05) is 6.07 Å². The van der Waals surface area contributed by atoms with Gasteiger partial charge in [0, 0.05) is 22.3 Å². The van der Waals surface area contributed by atoms with Gasteiger partial charge in [0.25, 0.3) is 0 Å². The molecule has 0 amide bonds. The number of benzene rings is 1. The molecule has 1 aromatic carbocycles. The zero-order valence-corrected chi connectivity index (χ0v) is 12.8. The summed E-state index contributed by atoms with van der Waals surface area (Å²) in [6, 6.07) is 7.08. The van der Waals surface area contributed by atoms with Gasteiger partial charge in [-0.15, -0.1) is 0 Å². The molecule has 6 heteroatoms. The molecule has 1 aromatic heterocycles. The molecule has 0 spiro atoms. The Hall–Kier alpha value is -1.36. The van der Waals surface area contributed by atoms with Gasteiger partial charge in [-0.05, 0) is 30.5 Å². The molecule has 0 atom stereocenters. The lowest BCUT2D eigenvalue weighted by Crippen LogP contribution is -2.11. The number of aromatic nitrogens is 2. The first-order valence-electron chi connectivity index (χ1n) is 6.29. The lowest BCUT2D eigenvalue weighted by atomic mass is 10.1. The van der Waals surface area contributed by atoms with Crippen LogP contribution in [0.15, 0.2) is 24.3 Å². The Bertz CT molecular complexity index is 614. The van der Waals surface area contributed by atoms with E-state index in [4.69, 9.17) is 29.0 Å². The van der Waals surface area contributed by atoms with Crippen LogP contribution in [0.5, 0.6) is 0 Å². The van der Waals surface area contributed by atoms with Crippen molar-refractivity contribution in [2.24, 2.45) is 11.8 Å². The van der Waals surface area contributed by atoms with Gasteiger partial charge in [-0.3, -0.25) is 0 Å². The lowest BCUT2D eigenvalue weighted by Gasteiger charge is -2.10. The highest BCUT2D eigenvalue weighted by molar-refractivity contribution is 6.36. The Morgan fingerprint density at radius 2 is 1.95 bits per heavy atom. The van der Waals surface area contributed by atoms with E-state index in [0.717, 1.165) is 17.7 Å². The number of halogens is 2. The molecule has 0 fully saturated rings. The van der Waals surface area contributed by atoms with Crippen LogP contribution in [0, 0.1) is 5.92 Å². The van der Waals surface area contributed by atoms with Crippen molar-refractivity contribution in [3.05, 3.63) is 40.0 Å². The van der Waals surface area contributed by atoms with Crippen LogP contribution in [0.2, 0.25) is 10.0 Å². The Morgan fingerprint density at radius 3 is 2.55 bits per heavy atom. The molecule has 2 rings (SSSR count). The molecule has 4 nitrogen and oxygen atoms in total. The van der Waals surface area contributed by atoms with Gasteiger partial charge in [-0.1, -0.05) is 37.0 Å². The average Bonchev–Trinajstić information content (AvgIpc) is 2.37. The van der Waals surface area contributed by atoms with E-state index in [9.17, 15) is 0 Å². The Morgan fingerprint density at radius 1 is 1.20 bits per heavy atom. The minimum atomic E-state index is 0.490. The minimum absolute atomic E-state index is 0.490. The number of nitrogens with one attached hydrogen (secondary N) is 1. The molecular formula is C14H16Cl2N4. The molecular weight excluding hydrogens is 295 g/mol. The molecule has 20 heavy (non-hydrogen) atoms. The van der Waals surface area contributed by atoms with Gasteiger partial charge in [0.15, 0.2) is 5.82 Å². The smallest absolute Gasteiger partial charge is 0.163 e. The Kier molecular flexibility index (Phi) is 4.81. The monoisotopic (exact) mass is 310 g/mol. The standard InChI is InChI=1S/C14H16Cl2N4/c1-8(2)5-10-7-13(20-17)19-14(18-10)11-4-3-9(15)6-12(11)16/h3-4,6-8H,5,17H2,1-2H3,(H,18,19,20). The molecule has 0 unspecified atom stereocenters. The maximum atomic E-state index is 6.20. The van der Waals surface area contributed by atoms with E-state index in [1.54, 1.807) is 18.2 Å². The van der Waals surface area contributed by atoms with Gasteiger partial charge < -0.3 is 5.43 Å². The van der Waals surface area contributed by atoms with Crippen molar-refractivity contribution < 1.29 is 0 Å². The number of nitrogens with zero attached hydrogens (tertiary/aromatic N) is 2. The summed E-state index contributed by atoms with van der Waals surface area (Å²) in [5, 5.41) is 1.09. The predicted octanol–water partition coefficient (Wildman–Crippen LogP) is 3.93. The fourth-order valence-corrected chi connectivity index (χ4v) is 2.38. The van der Waals surface area contributed by atoms with Crippen LogP contribution in [0.3, 0.4) is 0 Å². The maximum Gasteiger partial charge on any atom is 0.163 e. The SMILES string of the molecule is CC(C)Cc1cc(NN)nc(-c2ccc(Cl)cc2Cl)n1. The minimum Gasteiger partial charge on any atom is -0.308 e. The summed E-state index contributed by atoms with van der Waals surface area (Å²) in [4.78, 5) is 8.89. The van der Waals surface area contributed by atoms with Crippen LogP contribution in [0.4, 0.5) is 5.82 Å². The number of anilines is 1. The fourth-order valence-electron chi connectivity index (χ4n) is 1.89. The third kappa shape index (κ3) is 3.60. The predicted molar refractivity (Wildman–Crippen MR) is 83.8 cm³/mol. The molecule has 0 saturated heterocycles. The summed E-state index contributed by atoms with van der Waals surface area (Å²) in [5.41, 5.74) is 4.22. The highest BCUT2D eigenvalue weighted by atomic mass is 35.5. The second kappa shape index (κ2) is 6.39. The first-order chi connectivity index (χ1) is 9.49. The third-order valence-corrected chi connectivity index (χ3v) is 3.26. The summed E-state index contributed by atoms with van der Waals surface area (Å²) < 4.78 is 0. The van der Waals surface area contributed by atoms with Crippen molar-refractivity contribution >= 4 is 29.0 Å². The second-order valence-electron chi connectivity index (χ2n) is 4.93. The van der Waals surface area contributed by atoms with Gasteiger partial charge in [0.05, 0.1) is 5.02 Å². The third-order valence-electron chi connectivity index (χ3n) is 2.72. The lowest BCUT2D eigenvalue weighted by molar-refractivity contribution is 0.635. The number of nitrogens with two attached hydrogens (primary N) is 1. The van der Waals surface area contributed by atoms with Crippen molar-refractivity contribution in [1.29, 1.82) is 0 Å². The van der Waals surface area contributed by atoms with Crippen LogP contribution >= 0.6 is 23.2 Å². The first kappa shape index (κ1) is 15.0. The highest BCUT2D eigenvalue weighted by Crippen LogP contribution is 2.29. The second-order valence-corrected chi connectivity index (χ2v) is 5.78. The summed E-state index contributed by atoms with van der Waals surface area (Å²) >= 11 is 12.1. The molecule has 0 bridgehead atoms. The molecule has 3 N–H and O–H groups in total. The number of nitrogen functional groups attached to an aromatic ring is 1. The molecule has 106 valence electrons. The molecule has 1 heterocycles. The number of rotatable bonds is 4. The van der Waals surface area contributed by atoms with E-state index in [1.165, 1.54) is 0 Å². The van der Waals surface area contributed by atoms with E-state index in [-0.39, 0.29) is 0 Å². The largest absolute Gasteiger partial charge is 0.308 e. The van der Waals surface area contributed by atoms with E-state index >= 15 is 0 Å².